The normalized spacial score (nSPS) is 13.7. The number of fused-ring (bicyclic) bond motifs is 1. The molecule has 0 saturated carbocycles. The Hall–Kier alpha value is -0.450. The third kappa shape index (κ3) is 0.941. The van der Waals surface area contributed by atoms with Crippen LogP contribution in [0.25, 0.3) is 0 Å². The van der Waals surface area contributed by atoms with Crippen molar-refractivity contribution in [2.24, 2.45) is 0 Å². The SMILES string of the molecule is Ic1[c]cc2c(c1)OCO2. The van der Waals surface area contributed by atoms with Crippen molar-refractivity contribution in [3.05, 3.63) is 21.8 Å². The average molecular weight is 247 g/mol. The van der Waals surface area contributed by atoms with E-state index in [2.05, 4.69) is 28.7 Å². The minimum atomic E-state index is 0.337. The minimum Gasteiger partial charge on any atom is -0.454 e. The van der Waals surface area contributed by atoms with E-state index in [1.807, 2.05) is 6.07 Å². The third-order valence-corrected chi connectivity index (χ3v) is 1.89. The summed E-state index contributed by atoms with van der Waals surface area (Å²) in [6.07, 6.45) is 0. The molecule has 1 aliphatic heterocycles. The zero-order valence-corrected chi connectivity index (χ0v) is 7.21. The van der Waals surface area contributed by atoms with Gasteiger partial charge in [-0.3, -0.25) is 0 Å². The van der Waals surface area contributed by atoms with Gasteiger partial charge in [-0.25, -0.2) is 0 Å². The Morgan fingerprint density at radius 2 is 2.20 bits per heavy atom. The molecule has 2 nitrogen and oxygen atoms in total. The average Bonchev–Trinajstić information content (AvgIpc) is 2.33. The van der Waals surface area contributed by atoms with Gasteiger partial charge < -0.3 is 9.47 Å². The lowest BCUT2D eigenvalue weighted by atomic mass is 10.3. The largest absolute Gasteiger partial charge is 0.454 e. The van der Waals surface area contributed by atoms with Gasteiger partial charge in [-0.1, -0.05) is 0 Å². The van der Waals surface area contributed by atoms with Gasteiger partial charge in [-0.15, -0.1) is 0 Å². The van der Waals surface area contributed by atoms with E-state index >= 15 is 0 Å². The first-order valence-electron chi connectivity index (χ1n) is 2.83. The molecule has 51 valence electrons. The van der Waals surface area contributed by atoms with Crippen molar-refractivity contribution in [3.8, 4) is 11.5 Å². The van der Waals surface area contributed by atoms with E-state index in [-0.39, 0.29) is 0 Å². The Labute approximate surface area is 72.3 Å². The fraction of sp³-hybridized carbons (Fsp3) is 0.143. The number of ether oxygens (including phenoxy) is 2. The molecule has 1 aromatic rings. The van der Waals surface area contributed by atoms with Crippen LogP contribution in [-0.4, -0.2) is 6.79 Å². The second kappa shape index (κ2) is 2.30. The topological polar surface area (TPSA) is 18.5 Å². The standard InChI is InChI=1S/C7H4IO2/c8-5-1-2-6-7(3-5)10-4-9-6/h2-3H,4H2. The van der Waals surface area contributed by atoms with Crippen LogP contribution in [0.15, 0.2) is 12.1 Å². The number of hydrogen-bond donors (Lipinski definition) is 0. The van der Waals surface area contributed by atoms with Crippen LogP contribution in [-0.2, 0) is 0 Å². The molecule has 1 heterocycles. The van der Waals surface area contributed by atoms with Crippen molar-refractivity contribution < 1.29 is 9.47 Å². The van der Waals surface area contributed by atoms with Gasteiger partial charge in [0.15, 0.2) is 11.5 Å². The van der Waals surface area contributed by atoms with Gasteiger partial charge in [0.05, 0.1) is 0 Å². The van der Waals surface area contributed by atoms with Gasteiger partial charge in [0.1, 0.15) is 0 Å². The van der Waals surface area contributed by atoms with E-state index in [0.29, 0.717) is 6.79 Å². The summed E-state index contributed by atoms with van der Waals surface area (Å²) in [5, 5.41) is 0. The highest BCUT2D eigenvalue weighted by atomic mass is 127. The maximum absolute atomic E-state index is 5.13. The predicted molar refractivity (Wildman–Crippen MR) is 44.1 cm³/mol. The fourth-order valence-corrected chi connectivity index (χ4v) is 1.25. The van der Waals surface area contributed by atoms with Crippen LogP contribution >= 0.6 is 22.6 Å². The molecule has 3 heteroatoms. The molecule has 0 spiro atoms. The highest BCUT2D eigenvalue weighted by Gasteiger charge is 2.11. The molecule has 2 rings (SSSR count). The Morgan fingerprint density at radius 3 is 3.10 bits per heavy atom. The lowest BCUT2D eigenvalue weighted by Crippen LogP contribution is -1.92. The Bertz CT molecular complexity index is 260. The van der Waals surface area contributed by atoms with E-state index in [4.69, 9.17) is 9.47 Å². The Kier molecular flexibility index (Phi) is 1.44. The molecule has 0 aromatic heterocycles. The van der Waals surface area contributed by atoms with Crippen molar-refractivity contribution in [1.29, 1.82) is 0 Å². The molecule has 0 N–H and O–H groups in total. The maximum Gasteiger partial charge on any atom is 0.231 e. The van der Waals surface area contributed by atoms with Gasteiger partial charge >= 0.3 is 0 Å². The molecule has 0 unspecified atom stereocenters. The highest BCUT2D eigenvalue weighted by molar-refractivity contribution is 14.1. The van der Waals surface area contributed by atoms with Gasteiger partial charge in [0, 0.05) is 9.64 Å². The number of rotatable bonds is 0. The summed E-state index contributed by atoms with van der Waals surface area (Å²) >= 11 is 2.18. The maximum atomic E-state index is 5.13. The molecule has 1 aliphatic rings. The summed E-state index contributed by atoms with van der Waals surface area (Å²) < 4.78 is 11.3. The summed E-state index contributed by atoms with van der Waals surface area (Å²) in [7, 11) is 0. The Balaban J connectivity index is 2.52. The summed E-state index contributed by atoms with van der Waals surface area (Å²) in [5.74, 6) is 1.61. The molecule has 0 atom stereocenters. The summed E-state index contributed by atoms with van der Waals surface area (Å²) in [6, 6.07) is 6.71. The van der Waals surface area contributed by atoms with Gasteiger partial charge in [0.25, 0.3) is 0 Å². The lowest BCUT2D eigenvalue weighted by molar-refractivity contribution is 0.174. The number of hydrogen-bond acceptors (Lipinski definition) is 2. The first-order valence-corrected chi connectivity index (χ1v) is 3.91. The molecular weight excluding hydrogens is 243 g/mol. The zero-order chi connectivity index (χ0) is 6.97. The van der Waals surface area contributed by atoms with E-state index in [0.717, 1.165) is 15.1 Å². The molecule has 0 bridgehead atoms. The van der Waals surface area contributed by atoms with E-state index < -0.39 is 0 Å². The van der Waals surface area contributed by atoms with Crippen molar-refractivity contribution in [1.82, 2.24) is 0 Å². The minimum absolute atomic E-state index is 0.337. The number of halogens is 1. The predicted octanol–water partition coefficient (Wildman–Crippen LogP) is 1.82. The van der Waals surface area contributed by atoms with Crippen molar-refractivity contribution in [2.45, 2.75) is 0 Å². The summed E-state index contributed by atoms with van der Waals surface area (Å²) in [4.78, 5) is 0. The van der Waals surface area contributed by atoms with Crippen molar-refractivity contribution >= 4 is 22.6 Å². The highest BCUT2D eigenvalue weighted by Crippen LogP contribution is 2.32. The summed E-state index contributed by atoms with van der Waals surface area (Å²) in [6.45, 7) is 0.337. The molecule has 0 fully saturated rings. The molecule has 0 aliphatic carbocycles. The molecular formula is C7H4IO2. The molecule has 1 radical (unpaired) electrons. The van der Waals surface area contributed by atoms with Crippen LogP contribution < -0.4 is 9.47 Å². The van der Waals surface area contributed by atoms with Crippen LogP contribution in [0.2, 0.25) is 0 Å². The second-order valence-electron chi connectivity index (χ2n) is 1.92. The molecule has 1 aromatic carbocycles. The van der Waals surface area contributed by atoms with Crippen LogP contribution in [0.1, 0.15) is 0 Å². The van der Waals surface area contributed by atoms with E-state index in [1.165, 1.54) is 0 Å². The lowest BCUT2D eigenvalue weighted by Gasteiger charge is -1.93. The first-order chi connectivity index (χ1) is 4.86. The monoisotopic (exact) mass is 247 g/mol. The quantitative estimate of drug-likeness (QED) is 0.651. The third-order valence-electron chi connectivity index (χ3n) is 1.27. The number of benzene rings is 1. The van der Waals surface area contributed by atoms with Crippen LogP contribution in [0.3, 0.4) is 0 Å². The van der Waals surface area contributed by atoms with E-state index in [1.54, 1.807) is 6.07 Å². The zero-order valence-electron chi connectivity index (χ0n) is 5.06. The van der Waals surface area contributed by atoms with E-state index in [9.17, 15) is 0 Å². The van der Waals surface area contributed by atoms with Gasteiger partial charge in [-0.05, 0) is 34.7 Å². The first kappa shape index (κ1) is 6.27. The fourth-order valence-electron chi connectivity index (χ4n) is 0.816. The molecule has 0 amide bonds. The smallest absolute Gasteiger partial charge is 0.231 e. The van der Waals surface area contributed by atoms with Crippen LogP contribution in [0.4, 0.5) is 0 Å². The van der Waals surface area contributed by atoms with Crippen molar-refractivity contribution in [3.63, 3.8) is 0 Å². The molecule has 0 saturated heterocycles. The van der Waals surface area contributed by atoms with Crippen LogP contribution in [0.5, 0.6) is 11.5 Å². The van der Waals surface area contributed by atoms with Gasteiger partial charge in [-0.2, -0.15) is 0 Å². The molecule has 10 heavy (non-hydrogen) atoms. The Morgan fingerprint density at radius 1 is 1.40 bits per heavy atom. The van der Waals surface area contributed by atoms with Gasteiger partial charge in [0.2, 0.25) is 6.79 Å². The second-order valence-corrected chi connectivity index (χ2v) is 3.08. The van der Waals surface area contributed by atoms with Crippen molar-refractivity contribution in [2.75, 3.05) is 6.79 Å². The summed E-state index contributed by atoms with van der Waals surface area (Å²) in [5.41, 5.74) is 0. The van der Waals surface area contributed by atoms with Crippen LogP contribution in [0, 0.1) is 9.64 Å².